The largest absolute Gasteiger partial charge is 0.497 e. The minimum absolute atomic E-state index is 0.194. The molecule has 4 nitrogen and oxygen atoms in total. The van der Waals surface area contributed by atoms with Crippen molar-refractivity contribution in [2.45, 2.75) is 19.0 Å². The van der Waals surface area contributed by atoms with Crippen molar-refractivity contribution in [3.63, 3.8) is 0 Å². The molecule has 1 aliphatic heterocycles. The summed E-state index contributed by atoms with van der Waals surface area (Å²) in [7, 11) is 3.76. The fourth-order valence-corrected chi connectivity index (χ4v) is 2.47. The Bertz CT molecular complexity index is 397. The van der Waals surface area contributed by atoms with Gasteiger partial charge in [-0.1, -0.05) is 6.07 Å². The number of hydrogen-bond acceptors (Lipinski definition) is 4. The molecule has 0 aromatic heterocycles. The first-order chi connectivity index (χ1) is 8.65. The lowest BCUT2D eigenvalue weighted by Gasteiger charge is -2.44. The molecular weight excluding hydrogens is 228 g/mol. The molecule has 0 aliphatic carbocycles. The third-order valence-electron chi connectivity index (χ3n) is 3.82. The third kappa shape index (κ3) is 2.60. The van der Waals surface area contributed by atoms with Crippen LogP contribution in [-0.2, 0) is 0 Å². The molecule has 0 saturated carbocycles. The van der Waals surface area contributed by atoms with E-state index < -0.39 is 0 Å². The van der Waals surface area contributed by atoms with Gasteiger partial charge in [0.25, 0.3) is 0 Å². The lowest BCUT2D eigenvalue weighted by atomic mass is 10.1. The number of hydrogen-bond donors (Lipinski definition) is 1. The van der Waals surface area contributed by atoms with E-state index >= 15 is 0 Å². The molecule has 0 spiro atoms. The minimum Gasteiger partial charge on any atom is -0.497 e. The fraction of sp³-hybridized carbons (Fsp3) is 0.571. The molecule has 1 fully saturated rings. The average Bonchev–Trinajstić information content (AvgIpc) is 2.41. The van der Waals surface area contributed by atoms with Gasteiger partial charge in [0, 0.05) is 30.9 Å². The molecule has 1 aromatic rings. The molecule has 1 aliphatic rings. The van der Waals surface area contributed by atoms with E-state index in [0.29, 0.717) is 6.04 Å². The molecule has 0 bridgehead atoms. The number of rotatable bonds is 3. The van der Waals surface area contributed by atoms with Gasteiger partial charge in [0.1, 0.15) is 5.75 Å². The van der Waals surface area contributed by atoms with Gasteiger partial charge in [-0.3, -0.25) is 4.90 Å². The summed E-state index contributed by atoms with van der Waals surface area (Å²) >= 11 is 0. The Morgan fingerprint density at radius 3 is 2.83 bits per heavy atom. The molecule has 1 N–H and O–H groups in total. The zero-order valence-corrected chi connectivity index (χ0v) is 11.3. The quantitative estimate of drug-likeness (QED) is 0.874. The summed E-state index contributed by atoms with van der Waals surface area (Å²) in [6, 6.07) is 8.72. The standard InChI is InChI=1S/C14H22N2O2/c1-11-8-16(9-13(10-17)15(11)2)12-5-4-6-14(7-12)18-3/h4-7,11,13,17H,8-10H2,1-3H3. The van der Waals surface area contributed by atoms with Crippen molar-refractivity contribution in [2.24, 2.45) is 0 Å². The molecule has 1 aromatic carbocycles. The first kappa shape index (κ1) is 13.2. The maximum atomic E-state index is 9.45. The van der Waals surface area contributed by atoms with Crippen LogP contribution in [0.1, 0.15) is 6.92 Å². The van der Waals surface area contributed by atoms with Crippen molar-refractivity contribution in [2.75, 3.05) is 38.8 Å². The molecule has 18 heavy (non-hydrogen) atoms. The number of likely N-dealkylation sites (N-methyl/N-ethyl adjacent to an activating group) is 1. The van der Waals surface area contributed by atoms with E-state index in [1.54, 1.807) is 7.11 Å². The number of methoxy groups -OCH3 is 1. The van der Waals surface area contributed by atoms with E-state index in [9.17, 15) is 5.11 Å². The van der Waals surface area contributed by atoms with E-state index in [1.165, 1.54) is 0 Å². The predicted molar refractivity (Wildman–Crippen MR) is 73.3 cm³/mol. The summed E-state index contributed by atoms with van der Waals surface area (Å²) < 4.78 is 5.26. The third-order valence-corrected chi connectivity index (χ3v) is 3.82. The summed E-state index contributed by atoms with van der Waals surface area (Å²) in [6.07, 6.45) is 0. The van der Waals surface area contributed by atoms with Gasteiger partial charge in [-0.15, -0.1) is 0 Å². The number of nitrogens with zero attached hydrogens (tertiary/aromatic N) is 2. The van der Waals surface area contributed by atoms with Crippen LogP contribution in [0.15, 0.2) is 24.3 Å². The van der Waals surface area contributed by atoms with Gasteiger partial charge < -0.3 is 14.7 Å². The molecule has 0 radical (unpaired) electrons. The van der Waals surface area contributed by atoms with E-state index in [-0.39, 0.29) is 12.6 Å². The Labute approximate surface area is 109 Å². The maximum absolute atomic E-state index is 9.45. The smallest absolute Gasteiger partial charge is 0.120 e. The Hall–Kier alpha value is -1.26. The number of ether oxygens (including phenoxy) is 1. The Morgan fingerprint density at radius 2 is 2.17 bits per heavy atom. The first-order valence-corrected chi connectivity index (χ1v) is 6.37. The molecule has 2 rings (SSSR count). The normalized spacial score (nSPS) is 25.2. The number of aliphatic hydroxyl groups is 1. The number of anilines is 1. The summed E-state index contributed by atoms with van der Waals surface area (Å²) in [5.41, 5.74) is 1.16. The molecule has 100 valence electrons. The molecular formula is C14H22N2O2. The molecule has 2 unspecified atom stereocenters. The van der Waals surface area contributed by atoms with Crippen molar-refractivity contribution in [3.8, 4) is 5.75 Å². The average molecular weight is 250 g/mol. The molecule has 2 atom stereocenters. The van der Waals surface area contributed by atoms with Gasteiger partial charge in [-0.25, -0.2) is 0 Å². The first-order valence-electron chi connectivity index (χ1n) is 6.37. The molecule has 1 heterocycles. The maximum Gasteiger partial charge on any atom is 0.120 e. The van der Waals surface area contributed by atoms with E-state index in [0.717, 1.165) is 24.5 Å². The van der Waals surface area contributed by atoms with Crippen LogP contribution in [0.2, 0.25) is 0 Å². The van der Waals surface area contributed by atoms with Crippen LogP contribution in [0.5, 0.6) is 5.75 Å². The van der Waals surface area contributed by atoms with Gasteiger partial charge in [-0.05, 0) is 26.1 Å². The Morgan fingerprint density at radius 1 is 1.39 bits per heavy atom. The lowest BCUT2D eigenvalue weighted by molar-refractivity contribution is 0.0996. The minimum atomic E-state index is 0.194. The van der Waals surface area contributed by atoms with Gasteiger partial charge in [0.15, 0.2) is 0 Å². The highest BCUT2D eigenvalue weighted by Gasteiger charge is 2.29. The van der Waals surface area contributed by atoms with E-state index in [4.69, 9.17) is 4.74 Å². The lowest BCUT2D eigenvalue weighted by Crippen LogP contribution is -2.57. The monoisotopic (exact) mass is 250 g/mol. The SMILES string of the molecule is COc1cccc(N2CC(C)N(C)C(CO)C2)c1. The highest BCUT2D eigenvalue weighted by atomic mass is 16.5. The Kier molecular flexibility index (Phi) is 4.09. The van der Waals surface area contributed by atoms with Crippen LogP contribution in [-0.4, -0.2) is 55.9 Å². The van der Waals surface area contributed by atoms with Crippen LogP contribution in [0.3, 0.4) is 0 Å². The van der Waals surface area contributed by atoms with Crippen LogP contribution in [0.4, 0.5) is 5.69 Å². The zero-order chi connectivity index (χ0) is 13.1. The van der Waals surface area contributed by atoms with Crippen LogP contribution in [0, 0.1) is 0 Å². The highest BCUT2D eigenvalue weighted by molar-refractivity contribution is 5.51. The van der Waals surface area contributed by atoms with E-state index in [2.05, 4.69) is 29.8 Å². The fourth-order valence-electron chi connectivity index (χ4n) is 2.47. The van der Waals surface area contributed by atoms with Crippen molar-refractivity contribution >= 4 is 5.69 Å². The van der Waals surface area contributed by atoms with Gasteiger partial charge in [-0.2, -0.15) is 0 Å². The van der Waals surface area contributed by atoms with Gasteiger partial charge >= 0.3 is 0 Å². The van der Waals surface area contributed by atoms with Crippen LogP contribution in [0.25, 0.3) is 0 Å². The van der Waals surface area contributed by atoms with E-state index in [1.807, 2.05) is 18.2 Å². The van der Waals surface area contributed by atoms with Gasteiger partial charge in [0.05, 0.1) is 19.8 Å². The van der Waals surface area contributed by atoms with Crippen molar-refractivity contribution in [1.29, 1.82) is 0 Å². The summed E-state index contributed by atoms with van der Waals surface area (Å²) in [5.74, 6) is 0.875. The van der Waals surface area contributed by atoms with Crippen molar-refractivity contribution in [1.82, 2.24) is 4.90 Å². The van der Waals surface area contributed by atoms with Crippen molar-refractivity contribution in [3.05, 3.63) is 24.3 Å². The number of aliphatic hydroxyl groups excluding tert-OH is 1. The molecule has 0 amide bonds. The Balaban J connectivity index is 2.17. The van der Waals surface area contributed by atoms with Crippen LogP contribution < -0.4 is 9.64 Å². The predicted octanol–water partition coefficient (Wildman–Crippen LogP) is 1.20. The highest BCUT2D eigenvalue weighted by Crippen LogP contribution is 2.24. The molecule has 4 heteroatoms. The summed E-state index contributed by atoms with van der Waals surface area (Å²) in [6.45, 7) is 4.21. The number of piperazine rings is 1. The summed E-state index contributed by atoms with van der Waals surface area (Å²) in [5, 5.41) is 9.45. The topological polar surface area (TPSA) is 35.9 Å². The summed E-state index contributed by atoms with van der Waals surface area (Å²) in [4.78, 5) is 4.56. The van der Waals surface area contributed by atoms with Gasteiger partial charge in [0.2, 0.25) is 0 Å². The second-order valence-electron chi connectivity index (χ2n) is 4.96. The number of benzene rings is 1. The second-order valence-corrected chi connectivity index (χ2v) is 4.96. The molecule has 1 saturated heterocycles. The zero-order valence-electron chi connectivity index (χ0n) is 11.3. The second kappa shape index (κ2) is 5.59. The van der Waals surface area contributed by atoms with Crippen molar-refractivity contribution < 1.29 is 9.84 Å². The van der Waals surface area contributed by atoms with Crippen LogP contribution >= 0.6 is 0 Å².